The monoisotopic (exact) mass is 490 g/mol. The lowest BCUT2D eigenvalue weighted by atomic mass is 10.1. The van der Waals surface area contributed by atoms with Crippen molar-refractivity contribution in [1.82, 2.24) is 20.2 Å². The Hall–Kier alpha value is -3.27. The Bertz CT molecular complexity index is 1330. The van der Waals surface area contributed by atoms with E-state index in [1.807, 2.05) is 6.20 Å². The van der Waals surface area contributed by atoms with Gasteiger partial charge in [0.25, 0.3) is 5.91 Å². The van der Waals surface area contributed by atoms with E-state index in [2.05, 4.69) is 28.4 Å². The number of hydrogen-bond acceptors (Lipinski definition) is 8. The maximum Gasteiger partial charge on any atom is 0.255 e. The van der Waals surface area contributed by atoms with Crippen LogP contribution < -0.4 is 14.8 Å². The number of allylic oxidation sites excluding steroid dienone is 3. The summed E-state index contributed by atoms with van der Waals surface area (Å²) in [5, 5.41) is 3.98. The quantitative estimate of drug-likeness (QED) is 0.575. The van der Waals surface area contributed by atoms with Crippen LogP contribution in [0.25, 0.3) is 15.9 Å². The molecule has 3 aromatic rings. The number of benzene rings is 1. The molecule has 0 spiro atoms. The molecule has 1 saturated heterocycles. The number of amides is 1. The topological polar surface area (TPSA) is 85.8 Å². The zero-order valence-electron chi connectivity index (χ0n) is 19.3. The molecule has 0 saturated carbocycles. The van der Waals surface area contributed by atoms with Crippen molar-refractivity contribution in [2.75, 3.05) is 33.1 Å². The second-order valence-electron chi connectivity index (χ2n) is 8.76. The molecule has 2 aliphatic heterocycles. The summed E-state index contributed by atoms with van der Waals surface area (Å²) in [7, 11) is 0. The van der Waals surface area contributed by atoms with Gasteiger partial charge in [-0.1, -0.05) is 23.5 Å². The highest BCUT2D eigenvalue weighted by molar-refractivity contribution is 7.19. The van der Waals surface area contributed by atoms with Gasteiger partial charge in [0.15, 0.2) is 11.5 Å². The van der Waals surface area contributed by atoms with Gasteiger partial charge in [0.05, 0.1) is 13.2 Å². The van der Waals surface area contributed by atoms with Crippen LogP contribution in [0.5, 0.6) is 11.5 Å². The van der Waals surface area contributed by atoms with Gasteiger partial charge in [-0.2, -0.15) is 0 Å². The number of aromatic nitrogens is 2. The zero-order chi connectivity index (χ0) is 23.6. The van der Waals surface area contributed by atoms with Gasteiger partial charge in [-0.3, -0.25) is 9.69 Å². The zero-order valence-corrected chi connectivity index (χ0v) is 20.1. The van der Waals surface area contributed by atoms with Gasteiger partial charge >= 0.3 is 0 Å². The number of ether oxygens (including phenoxy) is 3. The summed E-state index contributed by atoms with van der Waals surface area (Å²) in [6.07, 6.45) is 9.06. The number of rotatable bonds is 5. The van der Waals surface area contributed by atoms with Gasteiger partial charge in [-0.25, -0.2) is 9.97 Å². The number of pyridine rings is 1. The summed E-state index contributed by atoms with van der Waals surface area (Å²) in [6.45, 7) is 4.45. The van der Waals surface area contributed by atoms with E-state index in [0.29, 0.717) is 17.1 Å². The van der Waals surface area contributed by atoms with Crippen molar-refractivity contribution in [2.24, 2.45) is 0 Å². The third-order valence-electron chi connectivity index (χ3n) is 6.32. The van der Waals surface area contributed by atoms with Gasteiger partial charge in [0, 0.05) is 42.7 Å². The Morgan fingerprint density at radius 2 is 1.94 bits per heavy atom. The largest absolute Gasteiger partial charge is 0.454 e. The van der Waals surface area contributed by atoms with Crippen LogP contribution in [0.15, 0.2) is 48.3 Å². The van der Waals surface area contributed by atoms with Crippen LogP contribution >= 0.6 is 11.3 Å². The third-order valence-corrected chi connectivity index (χ3v) is 7.34. The molecule has 3 aliphatic rings. The molecule has 0 atom stereocenters. The first-order chi connectivity index (χ1) is 17.2. The lowest BCUT2D eigenvalue weighted by molar-refractivity contribution is 0.0341. The van der Waals surface area contributed by atoms with Crippen LogP contribution in [-0.4, -0.2) is 53.9 Å². The summed E-state index contributed by atoms with van der Waals surface area (Å²) in [5.41, 5.74) is 4.31. The second kappa shape index (κ2) is 9.77. The fourth-order valence-electron chi connectivity index (χ4n) is 4.47. The third kappa shape index (κ3) is 4.80. The Kier molecular flexibility index (Phi) is 6.20. The van der Waals surface area contributed by atoms with Gasteiger partial charge in [-0.15, -0.1) is 0 Å². The van der Waals surface area contributed by atoms with Crippen molar-refractivity contribution >= 4 is 33.2 Å². The van der Waals surface area contributed by atoms with Gasteiger partial charge in [0.2, 0.25) is 6.79 Å². The number of fused-ring (bicyclic) bond motifs is 2. The standard InChI is InChI=1S/C26H26N4O4S/c31-24(18-6-7-22-23(13-18)34-16-33-22)28-20-5-3-1-2-4-19(20)25-29-21-12-17(14-27-26(21)35-25)15-30-8-10-32-11-9-30/h4-7,12-14H,1-3,8-11,15-16H2,(H,28,31). The molecule has 1 aromatic carbocycles. The molecule has 2 aromatic heterocycles. The first-order valence-corrected chi connectivity index (χ1v) is 12.7. The Morgan fingerprint density at radius 1 is 1.09 bits per heavy atom. The van der Waals surface area contributed by atoms with E-state index >= 15 is 0 Å². The maximum atomic E-state index is 13.1. The molecule has 1 N–H and O–H groups in total. The van der Waals surface area contributed by atoms with Crippen molar-refractivity contribution in [2.45, 2.75) is 25.8 Å². The predicted molar refractivity (Wildman–Crippen MR) is 133 cm³/mol. The van der Waals surface area contributed by atoms with Crippen LogP contribution in [0.2, 0.25) is 0 Å². The molecular weight excluding hydrogens is 464 g/mol. The SMILES string of the molecule is O=C(NC1=CCCCC=C1c1nc2cc(CN3CCOCC3)cnc2s1)c1ccc2c(c1)OCO2. The summed E-state index contributed by atoms with van der Waals surface area (Å²) < 4.78 is 16.2. The number of thiazole rings is 1. The van der Waals surface area contributed by atoms with E-state index in [4.69, 9.17) is 24.2 Å². The summed E-state index contributed by atoms with van der Waals surface area (Å²) in [6, 6.07) is 7.36. The molecule has 8 nitrogen and oxygen atoms in total. The molecule has 35 heavy (non-hydrogen) atoms. The maximum absolute atomic E-state index is 13.1. The minimum atomic E-state index is -0.186. The molecule has 1 amide bonds. The van der Waals surface area contributed by atoms with Crippen molar-refractivity contribution in [1.29, 1.82) is 0 Å². The highest BCUT2D eigenvalue weighted by Crippen LogP contribution is 2.34. The number of carbonyl (C=O) groups excluding carboxylic acids is 1. The number of morpholine rings is 1. The Balaban J connectivity index is 1.23. The first kappa shape index (κ1) is 22.2. The lowest BCUT2D eigenvalue weighted by Gasteiger charge is -2.26. The van der Waals surface area contributed by atoms with Crippen molar-refractivity contribution in [3.05, 3.63) is 64.4 Å². The molecular formula is C26H26N4O4S. The van der Waals surface area contributed by atoms with Crippen molar-refractivity contribution in [3.63, 3.8) is 0 Å². The molecule has 0 unspecified atom stereocenters. The molecule has 1 aliphatic carbocycles. The van der Waals surface area contributed by atoms with Crippen LogP contribution in [0.3, 0.4) is 0 Å². The number of nitrogens with one attached hydrogen (secondary N) is 1. The average molecular weight is 491 g/mol. The van der Waals surface area contributed by atoms with Gasteiger partial charge in [0.1, 0.15) is 15.4 Å². The molecule has 9 heteroatoms. The first-order valence-electron chi connectivity index (χ1n) is 11.9. The van der Waals surface area contributed by atoms with E-state index in [1.165, 1.54) is 0 Å². The summed E-state index contributed by atoms with van der Waals surface area (Å²) >= 11 is 1.56. The van der Waals surface area contributed by atoms with Crippen LogP contribution in [-0.2, 0) is 11.3 Å². The van der Waals surface area contributed by atoms with Crippen LogP contribution in [0, 0.1) is 0 Å². The van der Waals surface area contributed by atoms with E-state index in [1.54, 1.807) is 29.5 Å². The molecule has 180 valence electrons. The average Bonchev–Trinajstić information content (AvgIpc) is 3.46. The molecule has 1 fully saturated rings. The summed E-state index contributed by atoms with van der Waals surface area (Å²) in [5.74, 6) is 1.06. The number of hydrogen-bond donors (Lipinski definition) is 1. The van der Waals surface area contributed by atoms with Crippen LogP contribution in [0.4, 0.5) is 0 Å². The van der Waals surface area contributed by atoms with E-state index in [0.717, 1.165) is 84.3 Å². The minimum absolute atomic E-state index is 0.179. The number of carbonyl (C=O) groups is 1. The van der Waals surface area contributed by atoms with Crippen molar-refractivity contribution < 1.29 is 19.0 Å². The van der Waals surface area contributed by atoms with Gasteiger partial charge in [-0.05, 0) is 49.1 Å². The molecule has 6 rings (SSSR count). The molecule has 0 radical (unpaired) electrons. The predicted octanol–water partition coefficient (Wildman–Crippen LogP) is 4.13. The normalized spacial score (nSPS) is 18.2. The fourth-order valence-corrected chi connectivity index (χ4v) is 5.41. The highest BCUT2D eigenvalue weighted by Gasteiger charge is 2.21. The van der Waals surface area contributed by atoms with E-state index in [9.17, 15) is 4.79 Å². The second-order valence-corrected chi connectivity index (χ2v) is 9.74. The highest BCUT2D eigenvalue weighted by atomic mass is 32.1. The Labute approximate surface area is 207 Å². The number of nitrogens with zero attached hydrogens (tertiary/aromatic N) is 3. The fraction of sp³-hybridized carbons (Fsp3) is 0.346. The smallest absolute Gasteiger partial charge is 0.255 e. The lowest BCUT2D eigenvalue weighted by Crippen LogP contribution is -2.35. The van der Waals surface area contributed by atoms with E-state index < -0.39 is 0 Å². The minimum Gasteiger partial charge on any atom is -0.454 e. The molecule has 0 bridgehead atoms. The summed E-state index contributed by atoms with van der Waals surface area (Å²) in [4.78, 5) is 26.0. The van der Waals surface area contributed by atoms with Crippen molar-refractivity contribution in [3.8, 4) is 11.5 Å². The van der Waals surface area contributed by atoms with Crippen LogP contribution in [0.1, 0.15) is 40.2 Å². The molecule has 4 heterocycles. The van der Waals surface area contributed by atoms with Gasteiger partial charge < -0.3 is 19.5 Å². The Morgan fingerprint density at radius 3 is 2.86 bits per heavy atom. The van der Waals surface area contributed by atoms with E-state index in [-0.39, 0.29) is 12.7 Å².